The Kier molecular flexibility index (Phi) is 7.23. The molecule has 0 heterocycles. The van der Waals surface area contributed by atoms with Crippen molar-refractivity contribution in [3.8, 4) is 0 Å². The van der Waals surface area contributed by atoms with E-state index in [0.29, 0.717) is 12.8 Å². The Balaban J connectivity index is 1.94. The molecule has 1 N–H and O–H groups in total. The van der Waals surface area contributed by atoms with E-state index in [1.807, 2.05) is 0 Å². The van der Waals surface area contributed by atoms with Crippen LogP contribution in [0.1, 0.15) is 17.5 Å². The topological polar surface area (TPSA) is 66.5 Å². The summed E-state index contributed by atoms with van der Waals surface area (Å²) in [6.45, 7) is -0.290. The number of amides is 1. The van der Waals surface area contributed by atoms with Crippen LogP contribution in [-0.4, -0.2) is 33.7 Å². The van der Waals surface area contributed by atoms with Gasteiger partial charge in [0, 0.05) is 6.54 Å². The van der Waals surface area contributed by atoms with Crippen LogP contribution in [-0.2, 0) is 27.4 Å². The number of anilines is 1. The number of hydrogen-bond acceptors (Lipinski definition) is 3. The predicted molar refractivity (Wildman–Crippen MR) is 101 cm³/mol. The summed E-state index contributed by atoms with van der Waals surface area (Å²) in [6, 6.07) is 9.46. The van der Waals surface area contributed by atoms with E-state index in [1.165, 1.54) is 12.1 Å². The summed E-state index contributed by atoms with van der Waals surface area (Å²) in [4.78, 5) is 12.1. The highest BCUT2D eigenvalue weighted by molar-refractivity contribution is 7.92. The number of halogens is 4. The van der Waals surface area contributed by atoms with Gasteiger partial charge in [0.05, 0.1) is 17.5 Å². The van der Waals surface area contributed by atoms with Crippen LogP contribution in [0.5, 0.6) is 0 Å². The highest BCUT2D eigenvalue weighted by Gasteiger charge is 2.30. The highest BCUT2D eigenvalue weighted by atomic mass is 32.2. The average Bonchev–Trinajstić information content (AvgIpc) is 2.63. The standard InChI is InChI=1S/C19H20F4N2O3S/c1-29(27,28)25(17-10-6-15(7-11-17)19(21,22)23)13-18(26)24-12-2-3-14-4-8-16(20)9-5-14/h4-11H,2-3,12-13H2,1H3,(H,24,26). The Hall–Kier alpha value is -2.62. The van der Waals surface area contributed by atoms with Gasteiger partial charge >= 0.3 is 6.18 Å². The molecule has 2 rings (SSSR count). The molecule has 5 nitrogen and oxygen atoms in total. The van der Waals surface area contributed by atoms with E-state index < -0.39 is 34.2 Å². The summed E-state index contributed by atoms with van der Waals surface area (Å²) in [7, 11) is -3.88. The predicted octanol–water partition coefficient (Wildman–Crippen LogP) is 3.36. The molecule has 0 aliphatic rings. The molecule has 0 unspecified atom stereocenters. The van der Waals surface area contributed by atoms with Gasteiger partial charge in [0.15, 0.2) is 0 Å². The fourth-order valence-corrected chi connectivity index (χ4v) is 3.43. The molecule has 0 saturated heterocycles. The number of alkyl halides is 3. The number of rotatable bonds is 8. The van der Waals surface area contributed by atoms with Gasteiger partial charge in [-0.1, -0.05) is 12.1 Å². The van der Waals surface area contributed by atoms with E-state index >= 15 is 0 Å². The third-order valence-electron chi connectivity index (χ3n) is 4.05. The van der Waals surface area contributed by atoms with Crippen molar-refractivity contribution in [2.24, 2.45) is 0 Å². The molecule has 1 amide bonds. The van der Waals surface area contributed by atoms with E-state index in [9.17, 15) is 30.8 Å². The van der Waals surface area contributed by atoms with Crippen molar-refractivity contribution in [1.29, 1.82) is 0 Å². The van der Waals surface area contributed by atoms with E-state index in [1.54, 1.807) is 12.1 Å². The summed E-state index contributed by atoms with van der Waals surface area (Å²) in [6.07, 6.45) is -2.53. The summed E-state index contributed by atoms with van der Waals surface area (Å²) >= 11 is 0. The minimum Gasteiger partial charge on any atom is -0.355 e. The molecule has 0 aliphatic heterocycles. The lowest BCUT2D eigenvalue weighted by atomic mass is 10.1. The zero-order chi connectivity index (χ0) is 21.7. The lowest BCUT2D eigenvalue weighted by Crippen LogP contribution is -2.40. The van der Waals surface area contributed by atoms with E-state index in [4.69, 9.17) is 0 Å². The second kappa shape index (κ2) is 9.25. The number of nitrogens with one attached hydrogen (secondary N) is 1. The van der Waals surface area contributed by atoms with Crippen LogP contribution in [0, 0.1) is 5.82 Å². The van der Waals surface area contributed by atoms with Crippen molar-refractivity contribution in [3.05, 3.63) is 65.5 Å². The average molecular weight is 432 g/mol. The van der Waals surface area contributed by atoms with Crippen LogP contribution < -0.4 is 9.62 Å². The maximum Gasteiger partial charge on any atom is 0.416 e. The lowest BCUT2D eigenvalue weighted by molar-refractivity contribution is -0.137. The zero-order valence-corrected chi connectivity index (χ0v) is 16.4. The van der Waals surface area contributed by atoms with Crippen LogP contribution in [0.3, 0.4) is 0 Å². The Morgan fingerprint density at radius 1 is 1.03 bits per heavy atom. The minimum atomic E-state index is -4.55. The molecule has 2 aromatic rings. The largest absolute Gasteiger partial charge is 0.416 e. The fraction of sp³-hybridized carbons (Fsp3) is 0.316. The van der Waals surface area contributed by atoms with Crippen LogP contribution in [0.2, 0.25) is 0 Å². The summed E-state index contributed by atoms with van der Waals surface area (Å²) in [5.74, 6) is -0.930. The molecular formula is C19H20F4N2O3S. The highest BCUT2D eigenvalue weighted by Crippen LogP contribution is 2.30. The van der Waals surface area contributed by atoms with Crippen molar-refractivity contribution >= 4 is 21.6 Å². The Morgan fingerprint density at radius 2 is 1.62 bits per heavy atom. The smallest absolute Gasteiger partial charge is 0.355 e. The van der Waals surface area contributed by atoms with Crippen LogP contribution >= 0.6 is 0 Å². The fourth-order valence-electron chi connectivity index (χ4n) is 2.57. The maximum atomic E-state index is 12.9. The van der Waals surface area contributed by atoms with Crippen LogP contribution in [0.4, 0.5) is 23.2 Å². The summed E-state index contributed by atoms with van der Waals surface area (Å²) < 4.78 is 75.6. The first-order chi connectivity index (χ1) is 13.5. The molecule has 0 saturated carbocycles. The third-order valence-corrected chi connectivity index (χ3v) is 5.19. The molecule has 29 heavy (non-hydrogen) atoms. The minimum absolute atomic E-state index is 0.0398. The monoisotopic (exact) mass is 432 g/mol. The molecule has 0 bridgehead atoms. The first-order valence-corrected chi connectivity index (χ1v) is 10.5. The van der Waals surface area contributed by atoms with Gasteiger partial charge < -0.3 is 5.32 Å². The quantitative estimate of drug-likeness (QED) is 0.514. The van der Waals surface area contributed by atoms with Gasteiger partial charge in [0.1, 0.15) is 12.4 Å². The van der Waals surface area contributed by atoms with Crippen molar-refractivity contribution in [3.63, 3.8) is 0 Å². The summed E-state index contributed by atoms with van der Waals surface area (Å²) in [5, 5.41) is 2.57. The van der Waals surface area contributed by atoms with Gasteiger partial charge in [-0.2, -0.15) is 13.2 Å². The number of carbonyl (C=O) groups is 1. The number of hydrogen-bond donors (Lipinski definition) is 1. The molecule has 0 atom stereocenters. The van der Waals surface area contributed by atoms with Gasteiger partial charge in [-0.3, -0.25) is 9.10 Å². The lowest BCUT2D eigenvalue weighted by Gasteiger charge is -2.22. The van der Waals surface area contributed by atoms with Crippen molar-refractivity contribution in [2.75, 3.05) is 23.7 Å². The number of aryl methyl sites for hydroxylation is 1. The number of carbonyl (C=O) groups excluding carboxylic acids is 1. The first kappa shape index (κ1) is 22.7. The van der Waals surface area contributed by atoms with Gasteiger partial charge in [-0.15, -0.1) is 0 Å². The number of benzene rings is 2. The normalized spacial score (nSPS) is 11.9. The molecule has 158 valence electrons. The van der Waals surface area contributed by atoms with E-state index in [0.717, 1.165) is 40.4 Å². The molecule has 0 radical (unpaired) electrons. The van der Waals surface area contributed by atoms with Gasteiger partial charge in [-0.05, 0) is 54.8 Å². The molecule has 0 fully saturated rings. The molecule has 0 aliphatic carbocycles. The van der Waals surface area contributed by atoms with Crippen LogP contribution in [0.25, 0.3) is 0 Å². The zero-order valence-electron chi connectivity index (χ0n) is 15.5. The van der Waals surface area contributed by atoms with Crippen molar-refractivity contribution < 1.29 is 30.8 Å². The maximum absolute atomic E-state index is 12.9. The Bertz CT molecular complexity index is 927. The number of nitrogens with zero attached hydrogens (tertiary/aromatic N) is 1. The SMILES string of the molecule is CS(=O)(=O)N(CC(=O)NCCCc1ccc(F)cc1)c1ccc(C(F)(F)F)cc1. The van der Waals surface area contributed by atoms with Gasteiger partial charge in [0.25, 0.3) is 0 Å². The third kappa shape index (κ3) is 7.04. The molecule has 0 aromatic heterocycles. The van der Waals surface area contributed by atoms with Crippen molar-refractivity contribution in [2.45, 2.75) is 19.0 Å². The second-order valence-electron chi connectivity index (χ2n) is 6.39. The Labute approximate surface area is 166 Å². The molecular weight excluding hydrogens is 412 g/mol. The van der Waals surface area contributed by atoms with Crippen LogP contribution in [0.15, 0.2) is 48.5 Å². The summed E-state index contributed by atoms with van der Waals surface area (Å²) in [5.41, 5.74) is -0.0647. The van der Waals surface area contributed by atoms with E-state index in [-0.39, 0.29) is 18.0 Å². The molecule has 10 heteroatoms. The Morgan fingerprint density at radius 3 is 2.14 bits per heavy atom. The first-order valence-electron chi connectivity index (χ1n) is 8.63. The number of sulfonamides is 1. The molecule has 0 spiro atoms. The second-order valence-corrected chi connectivity index (χ2v) is 8.30. The molecule has 2 aromatic carbocycles. The van der Waals surface area contributed by atoms with E-state index in [2.05, 4.69) is 5.32 Å². The van der Waals surface area contributed by atoms with Gasteiger partial charge in [-0.25, -0.2) is 12.8 Å². The van der Waals surface area contributed by atoms with Crippen molar-refractivity contribution in [1.82, 2.24) is 5.32 Å². The van der Waals surface area contributed by atoms with Gasteiger partial charge in [0.2, 0.25) is 15.9 Å².